The van der Waals surface area contributed by atoms with Crippen molar-refractivity contribution in [3.63, 3.8) is 0 Å². The van der Waals surface area contributed by atoms with Gasteiger partial charge in [0.2, 0.25) is 0 Å². The molecular formula is C15H21N3. The van der Waals surface area contributed by atoms with E-state index in [2.05, 4.69) is 29.7 Å². The van der Waals surface area contributed by atoms with Crippen molar-refractivity contribution in [3.05, 3.63) is 41.5 Å². The van der Waals surface area contributed by atoms with Gasteiger partial charge in [-0.2, -0.15) is 0 Å². The molecule has 0 spiro atoms. The topological polar surface area (TPSA) is 53.1 Å². The van der Waals surface area contributed by atoms with Gasteiger partial charge >= 0.3 is 0 Å². The predicted octanol–water partition coefficient (Wildman–Crippen LogP) is 2.40. The van der Waals surface area contributed by atoms with Gasteiger partial charge in [-0.3, -0.25) is 10.3 Å². The summed E-state index contributed by atoms with van der Waals surface area (Å²) < 4.78 is 0. The van der Waals surface area contributed by atoms with Gasteiger partial charge in [-0.1, -0.05) is 24.3 Å². The fourth-order valence-electron chi connectivity index (χ4n) is 2.35. The molecule has 96 valence electrons. The molecule has 3 heteroatoms. The van der Waals surface area contributed by atoms with Crippen molar-refractivity contribution in [2.75, 3.05) is 13.1 Å². The molecule has 1 heterocycles. The Hall–Kier alpha value is -1.61. The lowest BCUT2D eigenvalue weighted by atomic mass is 9.95. The summed E-state index contributed by atoms with van der Waals surface area (Å²) in [7, 11) is 0. The Morgan fingerprint density at radius 3 is 2.89 bits per heavy atom. The molecule has 0 fully saturated rings. The van der Waals surface area contributed by atoms with E-state index in [1.165, 1.54) is 16.7 Å². The first-order valence-corrected chi connectivity index (χ1v) is 6.39. The van der Waals surface area contributed by atoms with E-state index in [9.17, 15) is 0 Å². The first kappa shape index (κ1) is 12.8. The Labute approximate surface area is 109 Å². The summed E-state index contributed by atoms with van der Waals surface area (Å²) in [6, 6.07) is 6.63. The van der Waals surface area contributed by atoms with E-state index in [0.717, 1.165) is 31.6 Å². The number of nitrogens with one attached hydrogen (secondary N) is 1. The van der Waals surface area contributed by atoms with Crippen molar-refractivity contribution in [2.24, 2.45) is 5.73 Å². The Kier molecular flexibility index (Phi) is 3.82. The van der Waals surface area contributed by atoms with Crippen molar-refractivity contribution in [1.29, 1.82) is 5.41 Å². The average molecular weight is 243 g/mol. The maximum absolute atomic E-state index is 7.29. The molecule has 0 amide bonds. The molecule has 3 N–H and O–H groups in total. The Balaban J connectivity index is 2.09. The standard InChI is InChI=1S/C15H21N3/c1-11(2)13-4-3-12-5-7-18(8-6-15(16)17)10-14(12)9-13/h3-4,9H,1,5-8,10H2,2H3,(H3,16,17). The van der Waals surface area contributed by atoms with Gasteiger partial charge < -0.3 is 5.73 Å². The average Bonchev–Trinajstić information content (AvgIpc) is 2.35. The molecule has 1 aromatic rings. The first-order valence-electron chi connectivity index (χ1n) is 6.39. The maximum Gasteiger partial charge on any atom is 0.0918 e. The van der Waals surface area contributed by atoms with Crippen LogP contribution in [0.15, 0.2) is 24.8 Å². The van der Waals surface area contributed by atoms with Crippen LogP contribution in [0.4, 0.5) is 0 Å². The van der Waals surface area contributed by atoms with E-state index in [-0.39, 0.29) is 5.84 Å². The van der Waals surface area contributed by atoms with Gasteiger partial charge in [-0.05, 0) is 36.1 Å². The zero-order chi connectivity index (χ0) is 13.1. The molecule has 0 aromatic heterocycles. The second-order valence-corrected chi connectivity index (χ2v) is 5.07. The van der Waals surface area contributed by atoms with Crippen LogP contribution < -0.4 is 5.73 Å². The maximum atomic E-state index is 7.29. The molecule has 1 aliphatic heterocycles. The van der Waals surface area contributed by atoms with Gasteiger partial charge in [0.15, 0.2) is 0 Å². The van der Waals surface area contributed by atoms with Gasteiger partial charge in [0.05, 0.1) is 5.84 Å². The summed E-state index contributed by atoms with van der Waals surface area (Å²) in [4.78, 5) is 2.37. The molecule has 3 nitrogen and oxygen atoms in total. The molecule has 0 atom stereocenters. The molecule has 0 unspecified atom stereocenters. The lowest BCUT2D eigenvalue weighted by molar-refractivity contribution is 0.261. The molecule has 1 aliphatic rings. The molecular weight excluding hydrogens is 222 g/mol. The lowest BCUT2D eigenvalue weighted by Crippen LogP contribution is -2.33. The molecule has 0 bridgehead atoms. The first-order chi connectivity index (χ1) is 8.56. The van der Waals surface area contributed by atoms with Crippen molar-refractivity contribution in [2.45, 2.75) is 26.3 Å². The number of allylic oxidation sites excluding steroid dienone is 1. The van der Waals surface area contributed by atoms with Gasteiger partial charge in [0.25, 0.3) is 0 Å². The SMILES string of the molecule is C=C(C)c1ccc2c(c1)CN(CCC(=N)N)CC2. The van der Waals surface area contributed by atoms with Crippen molar-refractivity contribution in [1.82, 2.24) is 4.90 Å². The molecule has 0 saturated carbocycles. The highest BCUT2D eigenvalue weighted by atomic mass is 15.1. The van der Waals surface area contributed by atoms with Crippen LogP contribution >= 0.6 is 0 Å². The smallest absolute Gasteiger partial charge is 0.0918 e. The van der Waals surface area contributed by atoms with Gasteiger partial charge in [0.1, 0.15) is 0 Å². The zero-order valence-electron chi connectivity index (χ0n) is 11.0. The minimum Gasteiger partial charge on any atom is -0.388 e. The summed E-state index contributed by atoms with van der Waals surface area (Å²) in [5.74, 6) is 0.275. The van der Waals surface area contributed by atoms with E-state index in [0.29, 0.717) is 6.42 Å². The quantitative estimate of drug-likeness (QED) is 0.630. The minimum atomic E-state index is 0.275. The molecule has 18 heavy (non-hydrogen) atoms. The van der Waals surface area contributed by atoms with Crippen LogP contribution in [-0.2, 0) is 13.0 Å². The monoisotopic (exact) mass is 243 g/mol. The highest BCUT2D eigenvalue weighted by Gasteiger charge is 2.16. The zero-order valence-corrected chi connectivity index (χ0v) is 11.0. The van der Waals surface area contributed by atoms with E-state index in [1.54, 1.807) is 0 Å². The summed E-state index contributed by atoms with van der Waals surface area (Å²) in [6.45, 7) is 8.94. The van der Waals surface area contributed by atoms with E-state index < -0.39 is 0 Å². The van der Waals surface area contributed by atoms with Crippen LogP contribution in [0.2, 0.25) is 0 Å². The normalized spacial score (nSPS) is 15.2. The highest BCUT2D eigenvalue weighted by Crippen LogP contribution is 2.23. The minimum absolute atomic E-state index is 0.275. The number of hydrogen-bond donors (Lipinski definition) is 2. The Bertz CT molecular complexity index is 477. The molecule has 0 radical (unpaired) electrons. The van der Waals surface area contributed by atoms with Gasteiger partial charge in [-0.15, -0.1) is 0 Å². The van der Waals surface area contributed by atoms with Crippen LogP contribution in [0.3, 0.4) is 0 Å². The third kappa shape index (κ3) is 2.99. The van der Waals surface area contributed by atoms with Crippen molar-refractivity contribution >= 4 is 11.4 Å². The largest absolute Gasteiger partial charge is 0.388 e. The third-order valence-corrected chi connectivity index (χ3v) is 3.49. The van der Waals surface area contributed by atoms with Crippen LogP contribution in [0.1, 0.15) is 30.0 Å². The molecule has 1 aromatic carbocycles. The summed E-state index contributed by atoms with van der Waals surface area (Å²) >= 11 is 0. The van der Waals surface area contributed by atoms with Crippen molar-refractivity contribution in [3.8, 4) is 0 Å². The summed E-state index contributed by atoms with van der Waals surface area (Å²) in [6.07, 6.45) is 1.75. The second-order valence-electron chi connectivity index (χ2n) is 5.07. The van der Waals surface area contributed by atoms with Crippen LogP contribution in [0.25, 0.3) is 5.57 Å². The highest BCUT2D eigenvalue weighted by molar-refractivity contribution is 5.76. The lowest BCUT2D eigenvalue weighted by Gasteiger charge is -2.29. The Morgan fingerprint density at radius 2 is 2.22 bits per heavy atom. The predicted molar refractivity (Wildman–Crippen MR) is 76.7 cm³/mol. The number of amidine groups is 1. The number of nitrogens with zero attached hydrogens (tertiary/aromatic N) is 1. The third-order valence-electron chi connectivity index (χ3n) is 3.49. The van der Waals surface area contributed by atoms with Crippen LogP contribution in [-0.4, -0.2) is 23.8 Å². The second kappa shape index (κ2) is 5.36. The van der Waals surface area contributed by atoms with Crippen molar-refractivity contribution < 1.29 is 0 Å². The van der Waals surface area contributed by atoms with Gasteiger partial charge in [0, 0.05) is 26.1 Å². The number of nitrogens with two attached hydrogens (primary N) is 1. The molecule has 2 rings (SSSR count). The summed E-state index contributed by atoms with van der Waals surface area (Å²) in [5, 5.41) is 7.29. The molecule has 0 saturated heterocycles. The number of fused-ring (bicyclic) bond motifs is 1. The number of hydrogen-bond acceptors (Lipinski definition) is 2. The Morgan fingerprint density at radius 1 is 1.44 bits per heavy atom. The van der Waals surface area contributed by atoms with E-state index in [4.69, 9.17) is 11.1 Å². The van der Waals surface area contributed by atoms with Crippen LogP contribution in [0, 0.1) is 5.41 Å². The van der Waals surface area contributed by atoms with E-state index in [1.807, 2.05) is 6.92 Å². The van der Waals surface area contributed by atoms with E-state index >= 15 is 0 Å². The fourth-order valence-corrected chi connectivity index (χ4v) is 2.35. The fraction of sp³-hybridized carbons (Fsp3) is 0.400. The molecule has 0 aliphatic carbocycles. The van der Waals surface area contributed by atoms with Crippen LogP contribution in [0.5, 0.6) is 0 Å². The number of rotatable bonds is 4. The number of benzene rings is 1. The summed E-state index contributed by atoms with van der Waals surface area (Å²) in [5.41, 5.74) is 10.6. The van der Waals surface area contributed by atoms with Gasteiger partial charge in [-0.25, -0.2) is 0 Å².